The summed E-state index contributed by atoms with van der Waals surface area (Å²) in [4.78, 5) is 26.8. The molecule has 0 aliphatic carbocycles. The van der Waals surface area contributed by atoms with Gasteiger partial charge in [-0.05, 0) is 37.3 Å². The zero-order chi connectivity index (χ0) is 22.2. The van der Waals surface area contributed by atoms with Crippen LogP contribution < -0.4 is 5.32 Å². The Kier molecular flexibility index (Phi) is 5.25. The fraction of sp³-hybridized carbons (Fsp3) is 0.360. The van der Waals surface area contributed by atoms with Crippen LogP contribution in [0, 0.1) is 12.8 Å². The highest BCUT2D eigenvalue weighted by Gasteiger charge is 2.20. The van der Waals surface area contributed by atoms with E-state index in [-0.39, 0.29) is 5.91 Å². The summed E-state index contributed by atoms with van der Waals surface area (Å²) in [5.41, 5.74) is 5.36. The van der Waals surface area contributed by atoms with Crippen LogP contribution in [0.15, 0.2) is 42.7 Å². The summed E-state index contributed by atoms with van der Waals surface area (Å²) in [5, 5.41) is 3.04. The first-order valence-electron chi connectivity index (χ1n) is 11.3. The molecule has 32 heavy (non-hydrogen) atoms. The van der Waals surface area contributed by atoms with Crippen LogP contribution in [0.4, 0.5) is 0 Å². The van der Waals surface area contributed by atoms with Crippen molar-refractivity contribution in [2.45, 2.75) is 53.1 Å². The predicted molar refractivity (Wildman–Crippen MR) is 123 cm³/mol. The monoisotopic (exact) mass is 428 g/mol. The maximum absolute atomic E-state index is 13.0. The first-order valence-corrected chi connectivity index (χ1v) is 11.3. The van der Waals surface area contributed by atoms with E-state index in [1.807, 2.05) is 26.1 Å². The van der Waals surface area contributed by atoms with Gasteiger partial charge in [-0.1, -0.05) is 38.1 Å². The van der Waals surface area contributed by atoms with Gasteiger partial charge in [-0.2, -0.15) is 0 Å². The van der Waals surface area contributed by atoms with Gasteiger partial charge in [-0.25, -0.2) is 15.0 Å². The summed E-state index contributed by atoms with van der Waals surface area (Å²) >= 11 is 0. The van der Waals surface area contributed by atoms with Crippen molar-refractivity contribution in [3.63, 3.8) is 0 Å². The maximum Gasteiger partial charge on any atom is 0.270 e. The highest BCUT2D eigenvalue weighted by atomic mass is 16.1. The first-order chi connectivity index (χ1) is 15.5. The van der Waals surface area contributed by atoms with E-state index in [0.29, 0.717) is 30.4 Å². The summed E-state index contributed by atoms with van der Waals surface area (Å²) < 4.78 is 4.05. The lowest BCUT2D eigenvalue weighted by atomic mass is 10.0. The number of imidazole rings is 2. The Morgan fingerprint density at radius 3 is 2.75 bits per heavy atom. The normalized spacial score (nSPS) is 15.7. The van der Waals surface area contributed by atoms with Crippen molar-refractivity contribution in [3.05, 3.63) is 71.2 Å². The van der Waals surface area contributed by atoms with Crippen molar-refractivity contribution in [3.8, 4) is 11.3 Å². The number of benzene rings is 1. The van der Waals surface area contributed by atoms with Crippen LogP contribution in [-0.2, 0) is 25.9 Å². The highest BCUT2D eigenvalue weighted by molar-refractivity contribution is 5.94. The van der Waals surface area contributed by atoms with E-state index in [0.717, 1.165) is 41.2 Å². The lowest BCUT2D eigenvalue weighted by Crippen LogP contribution is -2.25. The lowest BCUT2D eigenvalue weighted by molar-refractivity contribution is 0.0944. The Morgan fingerprint density at radius 1 is 1.16 bits per heavy atom. The van der Waals surface area contributed by atoms with E-state index in [2.05, 4.69) is 57.2 Å². The topological polar surface area (TPSA) is 77.1 Å². The summed E-state index contributed by atoms with van der Waals surface area (Å²) in [6.45, 7) is 7.70. The second kappa shape index (κ2) is 8.22. The number of nitrogens with one attached hydrogen (secondary N) is 1. The third-order valence-electron chi connectivity index (χ3n) is 6.21. The molecule has 164 valence electrons. The zero-order valence-electron chi connectivity index (χ0n) is 18.8. The number of hydrogen-bond acceptors (Lipinski definition) is 4. The third-order valence-corrected chi connectivity index (χ3v) is 6.21. The molecule has 5 rings (SSSR count). The molecule has 0 saturated carbocycles. The molecule has 7 heteroatoms. The Morgan fingerprint density at radius 2 is 1.97 bits per heavy atom. The largest absolute Gasteiger partial charge is 0.347 e. The molecule has 7 nitrogen and oxygen atoms in total. The molecule has 0 spiro atoms. The van der Waals surface area contributed by atoms with Gasteiger partial charge in [0, 0.05) is 43.2 Å². The molecule has 1 amide bonds. The van der Waals surface area contributed by atoms with Gasteiger partial charge in [-0.15, -0.1) is 0 Å². The molecule has 1 aliphatic rings. The molecule has 4 aromatic rings. The van der Waals surface area contributed by atoms with E-state index in [1.165, 1.54) is 12.2 Å². The quantitative estimate of drug-likeness (QED) is 0.522. The summed E-state index contributed by atoms with van der Waals surface area (Å²) in [7, 11) is 0. The second-order valence-corrected chi connectivity index (χ2v) is 8.71. The minimum atomic E-state index is -0.139. The van der Waals surface area contributed by atoms with Gasteiger partial charge < -0.3 is 9.88 Å². The number of fused-ring (bicyclic) bond motifs is 2. The molecule has 1 unspecified atom stereocenters. The molecule has 0 bridgehead atoms. The van der Waals surface area contributed by atoms with Crippen molar-refractivity contribution in [1.29, 1.82) is 0 Å². The van der Waals surface area contributed by atoms with Gasteiger partial charge in [0.15, 0.2) is 0 Å². The number of carbonyl (C=O) groups excluding carboxylic acids is 1. The molecule has 0 radical (unpaired) electrons. The minimum Gasteiger partial charge on any atom is -0.347 e. The van der Waals surface area contributed by atoms with Gasteiger partial charge in [-0.3, -0.25) is 9.20 Å². The Balaban J connectivity index is 1.30. The van der Waals surface area contributed by atoms with Gasteiger partial charge >= 0.3 is 0 Å². The Bertz CT molecular complexity index is 1280. The number of aryl methyl sites for hydroxylation is 3. The molecule has 1 aliphatic heterocycles. The number of carbonyl (C=O) groups is 1. The van der Waals surface area contributed by atoms with Crippen LogP contribution in [0.1, 0.15) is 53.5 Å². The van der Waals surface area contributed by atoms with Crippen LogP contribution in [0.25, 0.3) is 17.0 Å². The van der Waals surface area contributed by atoms with Crippen molar-refractivity contribution in [2.24, 2.45) is 5.92 Å². The van der Waals surface area contributed by atoms with Crippen LogP contribution in [-0.4, -0.2) is 29.8 Å². The number of rotatable bonds is 5. The predicted octanol–water partition coefficient (Wildman–Crippen LogP) is 3.98. The van der Waals surface area contributed by atoms with Crippen LogP contribution in [0.3, 0.4) is 0 Å². The van der Waals surface area contributed by atoms with Crippen molar-refractivity contribution >= 4 is 11.7 Å². The van der Waals surface area contributed by atoms with Crippen molar-refractivity contribution in [2.75, 3.05) is 0 Å². The highest BCUT2D eigenvalue weighted by Crippen LogP contribution is 2.25. The summed E-state index contributed by atoms with van der Waals surface area (Å²) in [5.74, 6) is 2.30. The lowest BCUT2D eigenvalue weighted by Gasteiger charge is -2.18. The van der Waals surface area contributed by atoms with Crippen molar-refractivity contribution < 1.29 is 4.79 Å². The molecule has 1 N–H and O–H groups in total. The zero-order valence-corrected chi connectivity index (χ0v) is 18.8. The van der Waals surface area contributed by atoms with Crippen molar-refractivity contribution in [1.82, 2.24) is 29.2 Å². The maximum atomic E-state index is 13.0. The van der Waals surface area contributed by atoms with Gasteiger partial charge in [0.1, 0.15) is 11.5 Å². The molecular weight excluding hydrogens is 400 g/mol. The number of nitrogens with zero attached hydrogens (tertiary/aromatic N) is 5. The number of hydrogen-bond donors (Lipinski definition) is 1. The smallest absolute Gasteiger partial charge is 0.270 e. The Labute approximate surface area is 187 Å². The molecule has 1 aromatic carbocycles. The molecular formula is C25H28N6O. The SMILES string of the molecule is CCc1nc2nc(C)ccn2c1C(=O)NCc1ccc(-c2cn3c(n2)CC(C)CC3)cc1. The molecule has 0 saturated heterocycles. The average Bonchev–Trinajstić information content (AvgIpc) is 3.38. The summed E-state index contributed by atoms with van der Waals surface area (Å²) in [6.07, 6.45) is 6.95. The summed E-state index contributed by atoms with van der Waals surface area (Å²) in [6, 6.07) is 10.2. The van der Waals surface area contributed by atoms with Gasteiger partial charge in [0.2, 0.25) is 5.78 Å². The fourth-order valence-corrected chi connectivity index (χ4v) is 4.33. The average molecular weight is 429 g/mol. The Hall–Kier alpha value is -3.48. The first kappa shape index (κ1) is 20.4. The van der Waals surface area contributed by atoms with E-state index >= 15 is 0 Å². The van der Waals surface area contributed by atoms with E-state index in [4.69, 9.17) is 4.98 Å². The minimum absolute atomic E-state index is 0.139. The second-order valence-electron chi connectivity index (χ2n) is 8.71. The van der Waals surface area contributed by atoms with Crippen LogP contribution in [0.2, 0.25) is 0 Å². The standard InChI is InChI=1S/C25H28N6O/c1-4-20-23(31-12-10-17(3)27-25(31)29-20)24(32)26-14-18-5-7-19(8-6-18)21-15-30-11-9-16(2)13-22(30)28-21/h5-8,10,12,15-16H,4,9,11,13-14H2,1-3H3,(H,26,32). The number of amides is 1. The molecule has 4 heterocycles. The van der Waals surface area contributed by atoms with E-state index in [9.17, 15) is 4.79 Å². The van der Waals surface area contributed by atoms with E-state index < -0.39 is 0 Å². The van der Waals surface area contributed by atoms with E-state index in [1.54, 1.807) is 4.40 Å². The molecule has 0 fully saturated rings. The van der Waals surface area contributed by atoms with Crippen LogP contribution >= 0.6 is 0 Å². The van der Waals surface area contributed by atoms with Crippen LogP contribution in [0.5, 0.6) is 0 Å². The number of aromatic nitrogens is 5. The van der Waals surface area contributed by atoms with Gasteiger partial charge in [0.25, 0.3) is 5.91 Å². The molecule has 3 aromatic heterocycles. The third kappa shape index (κ3) is 3.79. The molecule has 1 atom stereocenters. The fourth-order valence-electron chi connectivity index (χ4n) is 4.33. The van der Waals surface area contributed by atoms with Gasteiger partial charge in [0.05, 0.1) is 11.4 Å².